The van der Waals surface area contributed by atoms with E-state index < -0.39 is 0 Å². The summed E-state index contributed by atoms with van der Waals surface area (Å²) in [6.07, 6.45) is 1.13. The first-order valence-electron chi connectivity index (χ1n) is 9.96. The Hall–Kier alpha value is -2.56. The third kappa shape index (κ3) is 3.71. The molecule has 28 heavy (non-hydrogen) atoms. The van der Waals surface area contributed by atoms with Crippen molar-refractivity contribution in [1.82, 2.24) is 10.2 Å². The Bertz CT molecular complexity index is 928. The minimum Gasteiger partial charge on any atom is -0.497 e. The maximum atomic E-state index is 5.78. The highest BCUT2D eigenvalue weighted by Crippen LogP contribution is 2.39. The van der Waals surface area contributed by atoms with Crippen LogP contribution in [-0.4, -0.2) is 45.3 Å². The Morgan fingerprint density at radius 3 is 2.57 bits per heavy atom. The predicted octanol–water partition coefficient (Wildman–Crippen LogP) is 4.24. The van der Waals surface area contributed by atoms with Gasteiger partial charge in [0.25, 0.3) is 0 Å². The van der Waals surface area contributed by atoms with Gasteiger partial charge >= 0.3 is 0 Å². The lowest BCUT2D eigenvalue weighted by molar-refractivity contribution is 0.237. The van der Waals surface area contributed by atoms with Crippen LogP contribution in [0.5, 0.6) is 11.5 Å². The molecular weight excluding hydrogens is 348 g/mol. The van der Waals surface area contributed by atoms with Gasteiger partial charge in [-0.3, -0.25) is 4.90 Å². The molecule has 1 fully saturated rings. The number of benzene rings is 3. The molecule has 4 nitrogen and oxygen atoms in total. The average molecular weight is 377 g/mol. The van der Waals surface area contributed by atoms with Crippen molar-refractivity contribution in [1.29, 1.82) is 0 Å². The molecule has 0 bridgehead atoms. The molecule has 0 amide bonds. The van der Waals surface area contributed by atoms with E-state index in [0.717, 1.165) is 49.7 Å². The molecule has 0 aromatic heterocycles. The quantitative estimate of drug-likeness (QED) is 0.722. The maximum Gasteiger partial charge on any atom is 0.124 e. The van der Waals surface area contributed by atoms with Gasteiger partial charge in [0, 0.05) is 25.2 Å². The molecule has 4 heteroatoms. The topological polar surface area (TPSA) is 33.7 Å². The summed E-state index contributed by atoms with van der Waals surface area (Å²) in [5.74, 6) is 1.75. The first-order chi connectivity index (χ1) is 13.8. The molecule has 0 spiro atoms. The van der Waals surface area contributed by atoms with E-state index in [1.165, 1.54) is 16.3 Å². The number of methoxy groups -OCH3 is 2. The second-order valence-electron chi connectivity index (χ2n) is 7.22. The summed E-state index contributed by atoms with van der Waals surface area (Å²) in [7, 11) is 3.46. The molecule has 146 valence electrons. The highest BCUT2D eigenvalue weighted by molar-refractivity contribution is 5.86. The Morgan fingerprint density at radius 1 is 0.857 bits per heavy atom. The summed E-state index contributed by atoms with van der Waals surface area (Å²) in [5, 5.41) is 6.08. The zero-order chi connectivity index (χ0) is 19.3. The third-order valence-corrected chi connectivity index (χ3v) is 5.59. The van der Waals surface area contributed by atoms with E-state index >= 15 is 0 Å². The second kappa shape index (κ2) is 8.63. The van der Waals surface area contributed by atoms with Crippen molar-refractivity contribution in [2.24, 2.45) is 0 Å². The molecular formula is C24H28N2O2. The van der Waals surface area contributed by atoms with Crippen LogP contribution in [0.3, 0.4) is 0 Å². The number of rotatable bonds is 5. The number of hydrogen-bond donors (Lipinski definition) is 1. The normalized spacial score (nSPS) is 16.5. The van der Waals surface area contributed by atoms with Crippen molar-refractivity contribution in [2.75, 3.05) is 40.4 Å². The maximum absolute atomic E-state index is 5.78. The summed E-state index contributed by atoms with van der Waals surface area (Å²) in [4.78, 5) is 2.57. The van der Waals surface area contributed by atoms with Gasteiger partial charge in [0.15, 0.2) is 0 Å². The molecule has 1 aliphatic heterocycles. The molecule has 0 saturated carbocycles. The standard InChI is InChI=1S/C24H28N2O2/c1-27-19-11-12-23(28-2)22(17-19)24(26-15-6-13-25-14-16-26)21-10-5-8-18-7-3-4-9-20(18)21/h3-5,7-12,17,24-25H,6,13-16H2,1-2H3. The van der Waals surface area contributed by atoms with Crippen LogP contribution in [0, 0.1) is 0 Å². The minimum atomic E-state index is 0.107. The van der Waals surface area contributed by atoms with Gasteiger partial charge in [-0.1, -0.05) is 42.5 Å². The zero-order valence-corrected chi connectivity index (χ0v) is 16.7. The molecule has 1 unspecified atom stereocenters. The van der Waals surface area contributed by atoms with E-state index in [4.69, 9.17) is 9.47 Å². The van der Waals surface area contributed by atoms with E-state index in [1.54, 1.807) is 14.2 Å². The van der Waals surface area contributed by atoms with E-state index in [2.05, 4.69) is 58.7 Å². The summed E-state index contributed by atoms with van der Waals surface area (Å²) in [6.45, 7) is 4.09. The van der Waals surface area contributed by atoms with E-state index in [1.807, 2.05) is 12.1 Å². The first-order valence-corrected chi connectivity index (χ1v) is 9.96. The number of ether oxygens (including phenoxy) is 2. The summed E-state index contributed by atoms with van der Waals surface area (Å²) in [6, 6.07) is 21.4. The van der Waals surface area contributed by atoms with E-state index in [0.29, 0.717) is 0 Å². The fourth-order valence-corrected chi connectivity index (χ4v) is 4.23. The first kappa shape index (κ1) is 18.8. The molecule has 4 rings (SSSR count). The lowest BCUT2D eigenvalue weighted by atomic mass is 9.91. The predicted molar refractivity (Wildman–Crippen MR) is 114 cm³/mol. The van der Waals surface area contributed by atoms with Crippen LogP contribution in [0.2, 0.25) is 0 Å². The number of nitrogens with one attached hydrogen (secondary N) is 1. The van der Waals surface area contributed by atoms with Gasteiger partial charge in [-0.2, -0.15) is 0 Å². The van der Waals surface area contributed by atoms with Crippen LogP contribution in [0.1, 0.15) is 23.6 Å². The van der Waals surface area contributed by atoms with Crippen molar-refractivity contribution in [3.05, 3.63) is 71.8 Å². The monoisotopic (exact) mass is 376 g/mol. The molecule has 1 heterocycles. The molecule has 1 N–H and O–H groups in total. The number of fused-ring (bicyclic) bond motifs is 1. The van der Waals surface area contributed by atoms with Crippen molar-refractivity contribution in [3.63, 3.8) is 0 Å². The Morgan fingerprint density at radius 2 is 1.71 bits per heavy atom. The SMILES string of the molecule is COc1ccc(OC)c(C(c2cccc3ccccc23)N2CCCNCC2)c1. The Labute approximate surface area is 167 Å². The van der Waals surface area contributed by atoms with Gasteiger partial charge in [0.05, 0.1) is 20.3 Å². The molecule has 3 aromatic carbocycles. The summed E-state index contributed by atoms with van der Waals surface area (Å²) < 4.78 is 11.3. The van der Waals surface area contributed by atoms with Gasteiger partial charge in [0.2, 0.25) is 0 Å². The van der Waals surface area contributed by atoms with E-state index in [9.17, 15) is 0 Å². The Kier molecular flexibility index (Phi) is 5.79. The van der Waals surface area contributed by atoms with Crippen LogP contribution in [0.15, 0.2) is 60.7 Å². The molecule has 1 atom stereocenters. The van der Waals surface area contributed by atoms with Crippen LogP contribution < -0.4 is 14.8 Å². The fraction of sp³-hybridized carbons (Fsp3) is 0.333. The van der Waals surface area contributed by atoms with Crippen molar-refractivity contribution < 1.29 is 9.47 Å². The fourth-order valence-electron chi connectivity index (χ4n) is 4.23. The van der Waals surface area contributed by atoms with Gasteiger partial charge in [-0.25, -0.2) is 0 Å². The molecule has 0 aliphatic carbocycles. The molecule has 0 radical (unpaired) electrons. The number of hydrogen-bond acceptors (Lipinski definition) is 4. The zero-order valence-electron chi connectivity index (χ0n) is 16.7. The van der Waals surface area contributed by atoms with Gasteiger partial charge in [0.1, 0.15) is 11.5 Å². The lowest BCUT2D eigenvalue weighted by Crippen LogP contribution is -2.33. The molecule has 1 saturated heterocycles. The van der Waals surface area contributed by atoms with Crippen molar-refractivity contribution in [3.8, 4) is 11.5 Å². The summed E-state index contributed by atoms with van der Waals surface area (Å²) >= 11 is 0. The van der Waals surface area contributed by atoms with Gasteiger partial charge in [-0.15, -0.1) is 0 Å². The third-order valence-electron chi connectivity index (χ3n) is 5.59. The molecule has 1 aliphatic rings. The van der Waals surface area contributed by atoms with Crippen molar-refractivity contribution >= 4 is 10.8 Å². The Balaban J connectivity index is 1.92. The number of nitrogens with zero attached hydrogens (tertiary/aromatic N) is 1. The highest BCUT2D eigenvalue weighted by atomic mass is 16.5. The minimum absolute atomic E-state index is 0.107. The van der Waals surface area contributed by atoms with Crippen molar-refractivity contribution in [2.45, 2.75) is 12.5 Å². The second-order valence-corrected chi connectivity index (χ2v) is 7.22. The van der Waals surface area contributed by atoms with Gasteiger partial charge < -0.3 is 14.8 Å². The highest BCUT2D eigenvalue weighted by Gasteiger charge is 2.27. The van der Waals surface area contributed by atoms with Gasteiger partial charge in [-0.05, 0) is 47.5 Å². The smallest absolute Gasteiger partial charge is 0.124 e. The largest absolute Gasteiger partial charge is 0.497 e. The average Bonchev–Trinajstić information content (AvgIpc) is 3.03. The summed E-state index contributed by atoms with van der Waals surface area (Å²) in [5.41, 5.74) is 2.46. The molecule has 3 aromatic rings. The van der Waals surface area contributed by atoms with Crippen LogP contribution >= 0.6 is 0 Å². The van der Waals surface area contributed by atoms with Crippen LogP contribution in [-0.2, 0) is 0 Å². The van der Waals surface area contributed by atoms with E-state index in [-0.39, 0.29) is 6.04 Å². The van der Waals surface area contributed by atoms with Crippen LogP contribution in [0.25, 0.3) is 10.8 Å². The lowest BCUT2D eigenvalue weighted by Gasteiger charge is -2.33. The van der Waals surface area contributed by atoms with Crippen LogP contribution in [0.4, 0.5) is 0 Å².